The maximum Gasteiger partial charge on any atom is 0.224 e. The lowest BCUT2D eigenvalue weighted by atomic mass is 9.86. The Hall–Kier alpha value is -2.60. The maximum atomic E-state index is 5.47. The molecule has 3 aromatic rings. The molecular weight excluding hydrogens is 338 g/mol. The Kier molecular flexibility index (Phi) is 4.52. The van der Waals surface area contributed by atoms with E-state index in [0.717, 1.165) is 35.3 Å². The largest absolute Gasteiger partial charge is 0.496 e. The second kappa shape index (κ2) is 6.85. The van der Waals surface area contributed by atoms with Crippen LogP contribution in [0.25, 0.3) is 16.7 Å². The number of fused-ring (bicyclic) bond motifs is 1. The zero-order valence-corrected chi connectivity index (χ0v) is 16.4. The molecule has 0 aliphatic carbocycles. The van der Waals surface area contributed by atoms with Crippen LogP contribution in [0.5, 0.6) is 5.75 Å². The minimum atomic E-state index is 0.111. The summed E-state index contributed by atoms with van der Waals surface area (Å²) in [7, 11) is 1.69. The number of aromatic nitrogens is 3. The third-order valence-electron chi connectivity index (χ3n) is 5.17. The highest BCUT2D eigenvalue weighted by Crippen LogP contribution is 2.28. The fourth-order valence-electron chi connectivity index (χ4n) is 4.27. The van der Waals surface area contributed by atoms with Crippen LogP contribution in [-0.4, -0.2) is 39.3 Å². The normalized spacial score (nSPS) is 21.9. The van der Waals surface area contributed by atoms with Gasteiger partial charge in [0.1, 0.15) is 11.6 Å². The van der Waals surface area contributed by atoms with Gasteiger partial charge in [0.15, 0.2) is 0 Å². The molecule has 6 heteroatoms. The van der Waals surface area contributed by atoms with Crippen LogP contribution in [0, 0.1) is 0 Å². The topological polar surface area (TPSA) is 64.0 Å². The van der Waals surface area contributed by atoms with Crippen molar-refractivity contribution in [2.45, 2.75) is 51.2 Å². The minimum absolute atomic E-state index is 0.111. The second-order valence-corrected chi connectivity index (χ2v) is 8.03. The molecule has 3 heterocycles. The van der Waals surface area contributed by atoms with Gasteiger partial charge in [-0.25, -0.2) is 4.98 Å². The van der Waals surface area contributed by atoms with Crippen LogP contribution in [0.3, 0.4) is 0 Å². The average Bonchev–Trinajstić information content (AvgIpc) is 3.04. The smallest absolute Gasteiger partial charge is 0.224 e. The van der Waals surface area contributed by atoms with Crippen LogP contribution < -0.4 is 15.4 Å². The molecule has 1 fully saturated rings. The van der Waals surface area contributed by atoms with Crippen LogP contribution in [0.2, 0.25) is 0 Å². The number of nitrogens with zero attached hydrogens (tertiary/aromatic N) is 3. The molecule has 142 valence electrons. The summed E-state index contributed by atoms with van der Waals surface area (Å²) in [5, 5.41) is 8.25. The van der Waals surface area contributed by atoms with Gasteiger partial charge in [-0.15, -0.1) is 0 Å². The van der Waals surface area contributed by atoms with E-state index in [4.69, 9.17) is 9.72 Å². The summed E-state index contributed by atoms with van der Waals surface area (Å²) >= 11 is 0. The van der Waals surface area contributed by atoms with Crippen molar-refractivity contribution >= 4 is 16.9 Å². The van der Waals surface area contributed by atoms with Crippen LogP contribution >= 0.6 is 0 Å². The SMILES string of the molecule is COc1cccc2c1ccn2-c1ccnc(NC2CC(C)NC(C)(C)C2)n1. The van der Waals surface area contributed by atoms with Gasteiger partial charge in [-0.2, -0.15) is 4.98 Å². The molecule has 2 aromatic heterocycles. The van der Waals surface area contributed by atoms with E-state index in [1.165, 1.54) is 0 Å². The third-order valence-corrected chi connectivity index (χ3v) is 5.17. The minimum Gasteiger partial charge on any atom is -0.496 e. The van der Waals surface area contributed by atoms with Crippen LogP contribution in [-0.2, 0) is 0 Å². The summed E-state index contributed by atoms with van der Waals surface area (Å²) < 4.78 is 7.54. The molecule has 6 nitrogen and oxygen atoms in total. The zero-order chi connectivity index (χ0) is 19.0. The molecule has 0 amide bonds. The van der Waals surface area contributed by atoms with Crippen LogP contribution in [0.4, 0.5) is 5.95 Å². The molecule has 27 heavy (non-hydrogen) atoms. The van der Waals surface area contributed by atoms with Gasteiger partial charge in [0, 0.05) is 35.4 Å². The molecule has 0 radical (unpaired) electrons. The fraction of sp³-hybridized carbons (Fsp3) is 0.429. The molecule has 0 bridgehead atoms. The van der Waals surface area contributed by atoms with E-state index in [9.17, 15) is 0 Å². The number of hydrogen-bond acceptors (Lipinski definition) is 5. The quantitative estimate of drug-likeness (QED) is 0.737. The highest BCUT2D eigenvalue weighted by Gasteiger charge is 2.31. The molecule has 1 aromatic carbocycles. The molecule has 4 rings (SSSR count). The second-order valence-electron chi connectivity index (χ2n) is 8.03. The summed E-state index contributed by atoms with van der Waals surface area (Å²) in [6.07, 6.45) is 5.93. The first-order chi connectivity index (χ1) is 12.9. The third kappa shape index (κ3) is 3.62. The van der Waals surface area contributed by atoms with Crippen molar-refractivity contribution in [3.63, 3.8) is 0 Å². The first-order valence-corrected chi connectivity index (χ1v) is 9.47. The van der Waals surface area contributed by atoms with Gasteiger partial charge in [-0.05, 0) is 57.9 Å². The molecule has 2 N–H and O–H groups in total. The van der Waals surface area contributed by atoms with E-state index >= 15 is 0 Å². The Balaban J connectivity index is 1.62. The first-order valence-electron chi connectivity index (χ1n) is 9.47. The summed E-state index contributed by atoms with van der Waals surface area (Å²) in [5.74, 6) is 2.38. The van der Waals surface area contributed by atoms with E-state index < -0.39 is 0 Å². The molecule has 0 spiro atoms. The summed E-state index contributed by atoms with van der Waals surface area (Å²) in [4.78, 5) is 9.22. The monoisotopic (exact) mass is 365 g/mol. The Morgan fingerprint density at radius 2 is 2.11 bits per heavy atom. The summed E-state index contributed by atoms with van der Waals surface area (Å²) in [6.45, 7) is 6.72. The van der Waals surface area contributed by atoms with Crippen LogP contribution in [0.1, 0.15) is 33.6 Å². The number of anilines is 1. The number of ether oxygens (including phenoxy) is 1. The number of hydrogen-bond donors (Lipinski definition) is 2. The van der Waals surface area contributed by atoms with Crippen molar-refractivity contribution in [2.24, 2.45) is 0 Å². The van der Waals surface area contributed by atoms with Crippen molar-refractivity contribution in [2.75, 3.05) is 12.4 Å². The lowest BCUT2D eigenvalue weighted by molar-refractivity contribution is 0.238. The first kappa shape index (κ1) is 17.8. The zero-order valence-electron chi connectivity index (χ0n) is 16.4. The molecule has 1 aliphatic heterocycles. The van der Waals surface area contributed by atoms with E-state index in [2.05, 4.69) is 53.1 Å². The van der Waals surface area contributed by atoms with Gasteiger partial charge in [-0.3, -0.25) is 0 Å². The number of methoxy groups -OCH3 is 1. The maximum absolute atomic E-state index is 5.47. The lowest BCUT2D eigenvalue weighted by Crippen LogP contribution is -2.54. The highest BCUT2D eigenvalue weighted by atomic mass is 16.5. The number of benzene rings is 1. The van der Waals surface area contributed by atoms with E-state index in [-0.39, 0.29) is 5.54 Å². The van der Waals surface area contributed by atoms with Gasteiger partial charge in [-0.1, -0.05) is 6.07 Å². The van der Waals surface area contributed by atoms with Gasteiger partial charge >= 0.3 is 0 Å². The lowest BCUT2D eigenvalue weighted by Gasteiger charge is -2.40. The molecule has 2 atom stereocenters. The van der Waals surface area contributed by atoms with Gasteiger partial charge in [0.25, 0.3) is 0 Å². The molecule has 2 unspecified atom stereocenters. The van der Waals surface area contributed by atoms with Gasteiger partial charge in [0.05, 0.1) is 12.6 Å². The summed E-state index contributed by atoms with van der Waals surface area (Å²) in [5.41, 5.74) is 1.18. The Bertz CT molecular complexity index is 949. The Morgan fingerprint density at radius 1 is 1.26 bits per heavy atom. The fourth-order valence-corrected chi connectivity index (χ4v) is 4.27. The van der Waals surface area contributed by atoms with Crippen molar-refractivity contribution < 1.29 is 4.74 Å². The van der Waals surface area contributed by atoms with E-state index in [1.807, 2.05) is 30.6 Å². The van der Waals surface area contributed by atoms with Crippen molar-refractivity contribution in [3.8, 4) is 11.6 Å². The van der Waals surface area contributed by atoms with Crippen LogP contribution in [0.15, 0.2) is 42.7 Å². The number of piperidine rings is 1. The standard InChI is InChI=1S/C21H27N5O/c1-14-12-15(13-21(2,3)25-14)23-20-22-10-8-19(24-20)26-11-9-16-17(26)6-5-7-18(16)27-4/h5-11,14-15,25H,12-13H2,1-4H3,(H,22,23,24). The average molecular weight is 365 g/mol. The molecular formula is C21H27N5O. The summed E-state index contributed by atoms with van der Waals surface area (Å²) in [6, 6.07) is 10.8. The molecule has 1 aliphatic rings. The number of nitrogens with one attached hydrogen (secondary N) is 2. The van der Waals surface area contributed by atoms with E-state index in [0.29, 0.717) is 18.0 Å². The van der Waals surface area contributed by atoms with E-state index in [1.54, 1.807) is 7.11 Å². The Labute approximate surface area is 160 Å². The Morgan fingerprint density at radius 3 is 2.89 bits per heavy atom. The molecule has 1 saturated heterocycles. The van der Waals surface area contributed by atoms with Crippen molar-refractivity contribution in [3.05, 3.63) is 42.7 Å². The number of rotatable bonds is 4. The predicted octanol–water partition coefficient (Wildman–Crippen LogP) is 3.76. The van der Waals surface area contributed by atoms with Gasteiger partial charge < -0.3 is 19.9 Å². The predicted molar refractivity (Wildman–Crippen MR) is 109 cm³/mol. The van der Waals surface area contributed by atoms with Gasteiger partial charge in [0.2, 0.25) is 5.95 Å². The van der Waals surface area contributed by atoms with Crippen molar-refractivity contribution in [1.29, 1.82) is 0 Å². The van der Waals surface area contributed by atoms with Crippen molar-refractivity contribution in [1.82, 2.24) is 19.9 Å². The highest BCUT2D eigenvalue weighted by molar-refractivity contribution is 5.87. The molecule has 0 saturated carbocycles.